The number of hydrogen-bond acceptors (Lipinski definition) is 1. The first kappa shape index (κ1) is 35.2. The SMILES string of the molecule is CCC(C)c1ccccc1.CCC(C)c1ccccc1.CCP(=O)(O)O.CC[n+]1ccccc1.[Cl-]. The summed E-state index contributed by atoms with van der Waals surface area (Å²) in [6.45, 7) is 13.6. The van der Waals surface area contributed by atoms with Crippen molar-refractivity contribution in [2.24, 2.45) is 0 Å². The molecule has 0 aliphatic rings. The molecule has 0 amide bonds. The fraction of sp³-hybridized carbons (Fsp3) is 0.414. The molecule has 0 saturated carbocycles. The predicted octanol–water partition coefficient (Wildman–Crippen LogP) is 4.58. The molecule has 196 valence electrons. The van der Waals surface area contributed by atoms with Gasteiger partial charge in [-0.2, -0.15) is 0 Å². The van der Waals surface area contributed by atoms with Gasteiger partial charge >= 0.3 is 7.60 Å². The summed E-state index contributed by atoms with van der Waals surface area (Å²) < 4.78 is 11.8. The minimum Gasteiger partial charge on any atom is -1.00 e. The van der Waals surface area contributed by atoms with Crippen LogP contribution in [0.3, 0.4) is 0 Å². The van der Waals surface area contributed by atoms with Crippen LogP contribution in [0, 0.1) is 0 Å². The van der Waals surface area contributed by atoms with E-state index in [9.17, 15) is 4.57 Å². The van der Waals surface area contributed by atoms with Crippen LogP contribution in [0.5, 0.6) is 0 Å². The molecule has 0 bridgehead atoms. The number of aryl methyl sites for hydroxylation is 1. The van der Waals surface area contributed by atoms with Crippen LogP contribution in [0.15, 0.2) is 91.3 Å². The Balaban J connectivity index is 0. The van der Waals surface area contributed by atoms with Gasteiger partial charge in [-0.1, -0.05) is 101 Å². The highest BCUT2D eigenvalue weighted by molar-refractivity contribution is 7.51. The summed E-state index contributed by atoms with van der Waals surface area (Å²) in [7, 11) is -3.65. The second-order valence-electron chi connectivity index (χ2n) is 8.13. The average molecular weight is 522 g/mol. The molecular formula is C29H45ClNO3P. The second-order valence-corrected chi connectivity index (χ2v) is 10.1. The molecule has 4 nitrogen and oxygen atoms in total. The molecule has 35 heavy (non-hydrogen) atoms. The molecular weight excluding hydrogens is 477 g/mol. The van der Waals surface area contributed by atoms with Gasteiger partial charge < -0.3 is 22.2 Å². The van der Waals surface area contributed by atoms with E-state index in [0.29, 0.717) is 11.8 Å². The van der Waals surface area contributed by atoms with Crippen LogP contribution < -0.4 is 17.0 Å². The van der Waals surface area contributed by atoms with Gasteiger partial charge in [-0.3, -0.25) is 4.57 Å². The maximum absolute atomic E-state index is 9.69. The van der Waals surface area contributed by atoms with Crippen molar-refractivity contribution in [2.45, 2.75) is 72.8 Å². The number of hydrogen-bond donors (Lipinski definition) is 2. The first-order valence-electron chi connectivity index (χ1n) is 12.3. The summed E-state index contributed by atoms with van der Waals surface area (Å²) in [4.78, 5) is 15.9. The zero-order valence-electron chi connectivity index (χ0n) is 22.2. The smallest absolute Gasteiger partial charge is 0.325 e. The number of benzene rings is 2. The standard InChI is InChI=1S/2C10H14.C7H10N.C2H7O3P.ClH/c2*1-3-9(2)10-7-5-4-6-8-10;1-2-8-6-4-3-5-7-8;1-2-6(3,4)5;/h2*4-9H,3H2,1-2H3;3-7H,2H2,1H3;2H2,1H3,(H2,3,4,5);1H/q;;+1;;/p-1. The Labute approximate surface area is 220 Å². The van der Waals surface area contributed by atoms with Crippen LogP contribution in [-0.2, 0) is 11.1 Å². The minimum absolute atomic E-state index is 0. The number of aromatic nitrogens is 1. The van der Waals surface area contributed by atoms with Crippen LogP contribution in [0.25, 0.3) is 0 Å². The van der Waals surface area contributed by atoms with Crippen LogP contribution in [0.1, 0.15) is 77.3 Å². The summed E-state index contributed by atoms with van der Waals surface area (Å²) in [5.74, 6) is 1.42. The third-order valence-corrected chi connectivity index (χ3v) is 6.34. The van der Waals surface area contributed by atoms with Gasteiger partial charge in [-0.05, 0) is 42.7 Å². The first-order valence-corrected chi connectivity index (χ1v) is 14.1. The van der Waals surface area contributed by atoms with E-state index in [-0.39, 0.29) is 18.6 Å². The van der Waals surface area contributed by atoms with E-state index in [0.717, 1.165) is 6.54 Å². The highest BCUT2D eigenvalue weighted by Crippen LogP contribution is 2.32. The van der Waals surface area contributed by atoms with Crippen LogP contribution in [-0.4, -0.2) is 15.9 Å². The minimum atomic E-state index is -3.65. The number of halogens is 1. The van der Waals surface area contributed by atoms with Crippen molar-refractivity contribution in [3.63, 3.8) is 0 Å². The van der Waals surface area contributed by atoms with E-state index in [2.05, 4.69) is 112 Å². The van der Waals surface area contributed by atoms with E-state index in [1.165, 1.54) is 30.9 Å². The van der Waals surface area contributed by atoms with Crippen molar-refractivity contribution < 1.29 is 31.3 Å². The van der Waals surface area contributed by atoms with Crippen molar-refractivity contribution in [3.8, 4) is 0 Å². The molecule has 6 heteroatoms. The first-order chi connectivity index (χ1) is 16.2. The Morgan fingerprint density at radius 1 is 0.686 bits per heavy atom. The van der Waals surface area contributed by atoms with Crippen molar-refractivity contribution >= 4 is 7.60 Å². The van der Waals surface area contributed by atoms with E-state index in [1.807, 2.05) is 18.2 Å². The Morgan fingerprint density at radius 2 is 1.00 bits per heavy atom. The topological polar surface area (TPSA) is 61.4 Å². The molecule has 0 saturated heterocycles. The van der Waals surface area contributed by atoms with E-state index in [4.69, 9.17) is 9.79 Å². The lowest BCUT2D eigenvalue weighted by Crippen LogP contribution is -3.00. The largest absolute Gasteiger partial charge is 1.00 e. The molecule has 0 radical (unpaired) electrons. The fourth-order valence-electron chi connectivity index (χ4n) is 2.68. The lowest BCUT2D eigenvalue weighted by Gasteiger charge is -2.06. The zero-order valence-corrected chi connectivity index (χ0v) is 23.9. The average Bonchev–Trinajstić information content (AvgIpc) is 2.90. The van der Waals surface area contributed by atoms with E-state index >= 15 is 0 Å². The third-order valence-electron chi connectivity index (χ3n) is 5.52. The van der Waals surface area contributed by atoms with Crippen LogP contribution in [0.4, 0.5) is 0 Å². The molecule has 0 spiro atoms. The highest BCUT2D eigenvalue weighted by atomic mass is 35.5. The van der Waals surface area contributed by atoms with E-state index < -0.39 is 7.60 Å². The third kappa shape index (κ3) is 19.0. The Bertz CT molecular complexity index is 844. The molecule has 2 atom stereocenters. The second kappa shape index (κ2) is 21.3. The Morgan fingerprint density at radius 3 is 1.23 bits per heavy atom. The number of rotatable bonds is 6. The summed E-state index contributed by atoms with van der Waals surface area (Å²) in [6.07, 6.45) is 6.50. The zero-order chi connectivity index (χ0) is 25.8. The lowest BCUT2D eigenvalue weighted by atomic mass is 9.99. The molecule has 0 aliphatic heterocycles. The molecule has 1 aromatic heterocycles. The van der Waals surface area contributed by atoms with Crippen LogP contribution >= 0.6 is 7.60 Å². The van der Waals surface area contributed by atoms with Gasteiger partial charge in [0, 0.05) is 18.3 Å². The maximum atomic E-state index is 9.69. The molecule has 0 fully saturated rings. The Kier molecular flexibility index (Phi) is 21.4. The van der Waals surface area contributed by atoms with Crippen molar-refractivity contribution in [2.75, 3.05) is 6.16 Å². The number of pyridine rings is 1. The predicted molar refractivity (Wildman–Crippen MR) is 145 cm³/mol. The van der Waals surface area contributed by atoms with Crippen molar-refractivity contribution in [3.05, 3.63) is 102 Å². The summed E-state index contributed by atoms with van der Waals surface area (Å²) in [5.41, 5.74) is 2.90. The van der Waals surface area contributed by atoms with Crippen molar-refractivity contribution in [1.29, 1.82) is 0 Å². The summed E-state index contributed by atoms with van der Waals surface area (Å²) >= 11 is 0. The van der Waals surface area contributed by atoms with Gasteiger partial charge in [0.05, 0.1) is 0 Å². The van der Waals surface area contributed by atoms with Gasteiger partial charge in [0.2, 0.25) is 0 Å². The van der Waals surface area contributed by atoms with Gasteiger partial charge in [0.15, 0.2) is 12.4 Å². The van der Waals surface area contributed by atoms with Crippen molar-refractivity contribution in [1.82, 2.24) is 0 Å². The summed E-state index contributed by atoms with van der Waals surface area (Å²) in [6, 6.07) is 27.4. The molecule has 2 aromatic carbocycles. The Hall–Kier alpha value is -1.97. The van der Waals surface area contributed by atoms with Gasteiger partial charge in [-0.25, -0.2) is 4.57 Å². The van der Waals surface area contributed by atoms with Gasteiger partial charge in [-0.15, -0.1) is 0 Å². The number of nitrogens with zero attached hydrogens (tertiary/aromatic N) is 1. The lowest BCUT2D eigenvalue weighted by molar-refractivity contribution is -0.693. The summed E-state index contributed by atoms with van der Waals surface area (Å²) in [5, 5.41) is 0. The van der Waals surface area contributed by atoms with E-state index in [1.54, 1.807) is 0 Å². The normalized spacial score (nSPS) is 11.5. The molecule has 3 rings (SSSR count). The monoisotopic (exact) mass is 521 g/mol. The molecule has 3 aromatic rings. The molecule has 0 aliphatic carbocycles. The van der Waals surface area contributed by atoms with Gasteiger partial charge in [0.1, 0.15) is 6.54 Å². The van der Waals surface area contributed by atoms with Crippen LogP contribution in [0.2, 0.25) is 0 Å². The maximum Gasteiger partial charge on any atom is 0.325 e. The highest BCUT2D eigenvalue weighted by Gasteiger charge is 2.05. The molecule has 1 heterocycles. The van der Waals surface area contributed by atoms with Gasteiger partial charge in [0.25, 0.3) is 0 Å². The quantitative estimate of drug-likeness (QED) is 0.368. The molecule has 2 N–H and O–H groups in total. The molecule has 2 unspecified atom stereocenters. The fourth-order valence-corrected chi connectivity index (χ4v) is 2.68.